The van der Waals surface area contributed by atoms with E-state index in [1.807, 2.05) is 18.2 Å². The Kier molecular flexibility index (Phi) is 1.62. The zero-order chi connectivity index (χ0) is 8.55. The van der Waals surface area contributed by atoms with Crippen LogP contribution in [0.1, 0.15) is 0 Å². The molecule has 2 rings (SSSR count). The molecule has 12 heavy (non-hydrogen) atoms. The molecule has 1 aromatic heterocycles. The van der Waals surface area contributed by atoms with Crippen LogP contribution in [0, 0.1) is 0 Å². The van der Waals surface area contributed by atoms with Gasteiger partial charge in [-0.05, 0) is 12.1 Å². The van der Waals surface area contributed by atoms with Gasteiger partial charge in [0, 0.05) is 0 Å². The number of benzene rings is 1. The molecule has 0 unspecified atom stereocenters. The van der Waals surface area contributed by atoms with Gasteiger partial charge >= 0.3 is 10.7 Å². The summed E-state index contributed by atoms with van der Waals surface area (Å²) in [6.45, 7) is 0. The van der Waals surface area contributed by atoms with Crippen molar-refractivity contribution in [3.63, 3.8) is 0 Å². The SMILES string of the molecule is O=c1[nH]c(S)[nH+]c2ccccc12. The van der Waals surface area contributed by atoms with Gasteiger partial charge in [-0.1, -0.05) is 24.8 Å². The van der Waals surface area contributed by atoms with Crippen LogP contribution in [0.15, 0.2) is 34.2 Å². The van der Waals surface area contributed by atoms with Crippen LogP contribution in [0.3, 0.4) is 0 Å². The van der Waals surface area contributed by atoms with Crippen molar-refractivity contribution in [3.8, 4) is 0 Å². The van der Waals surface area contributed by atoms with Crippen molar-refractivity contribution in [1.29, 1.82) is 0 Å². The van der Waals surface area contributed by atoms with E-state index in [0.717, 1.165) is 5.52 Å². The van der Waals surface area contributed by atoms with Crippen LogP contribution < -0.4 is 10.5 Å². The van der Waals surface area contributed by atoms with Crippen LogP contribution in [-0.4, -0.2) is 4.98 Å². The first-order chi connectivity index (χ1) is 5.77. The van der Waals surface area contributed by atoms with E-state index in [4.69, 9.17) is 0 Å². The topological polar surface area (TPSA) is 47.0 Å². The lowest BCUT2D eigenvalue weighted by Gasteiger charge is -1.90. The molecule has 0 aliphatic carbocycles. The van der Waals surface area contributed by atoms with E-state index in [2.05, 4.69) is 22.6 Å². The molecule has 60 valence electrons. The summed E-state index contributed by atoms with van der Waals surface area (Å²) in [7, 11) is 0. The lowest BCUT2D eigenvalue weighted by molar-refractivity contribution is -0.402. The quantitative estimate of drug-likeness (QED) is 0.452. The summed E-state index contributed by atoms with van der Waals surface area (Å²) in [5, 5.41) is 1.12. The van der Waals surface area contributed by atoms with Gasteiger partial charge in [-0.25, -0.2) is 14.8 Å². The lowest BCUT2D eigenvalue weighted by Crippen LogP contribution is -2.18. The van der Waals surface area contributed by atoms with Crippen LogP contribution in [0.5, 0.6) is 0 Å². The van der Waals surface area contributed by atoms with Crippen LogP contribution in [-0.2, 0) is 0 Å². The minimum Gasteiger partial charge on any atom is -0.241 e. The summed E-state index contributed by atoms with van der Waals surface area (Å²) in [4.78, 5) is 16.8. The number of thiol groups is 1. The molecule has 0 saturated heterocycles. The van der Waals surface area contributed by atoms with E-state index in [9.17, 15) is 4.79 Å². The smallest absolute Gasteiger partial charge is 0.241 e. The van der Waals surface area contributed by atoms with Gasteiger partial charge in [0.1, 0.15) is 10.9 Å². The third kappa shape index (κ3) is 1.10. The zero-order valence-corrected chi connectivity index (χ0v) is 7.06. The second-order valence-corrected chi connectivity index (χ2v) is 2.92. The fourth-order valence-electron chi connectivity index (χ4n) is 1.12. The lowest BCUT2D eigenvalue weighted by atomic mass is 10.2. The minimum atomic E-state index is -0.116. The number of H-pyrrole nitrogens is 2. The van der Waals surface area contributed by atoms with E-state index >= 15 is 0 Å². The number of nitrogens with one attached hydrogen (secondary N) is 2. The molecule has 0 amide bonds. The normalized spacial score (nSPS) is 10.4. The molecule has 1 aromatic carbocycles. The van der Waals surface area contributed by atoms with Gasteiger partial charge in [-0.3, -0.25) is 0 Å². The number of fused-ring (bicyclic) bond motifs is 1. The number of hydrogen-bond acceptors (Lipinski definition) is 2. The Morgan fingerprint density at radius 2 is 2.08 bits per heavy atom. The number of para-hydroxylation sites is 1. The molecule has 1 heterocycles. The van der Waals surface area contributed by atoms with Crippen LogP contribution >= 0.6 is 12.6 Å². The Labute approximate surface area is 73.9 Å². The van der Waals surface area contributed by atoms with Crippen LogP contribution in [0.2, 0.25) is 0 Å². The molecule has 2 N–H and O–H groups in total. The summed E-state index contributed by atoms with van der Waals surface area (Å²) in [5.74, 6) is 0. The molecule has 0 fully saturated rings. The van der Waals surface area contributed by atoms with Gasteiger partial charge in [0.25, 0.3) is 0 Å². The number of aromatic amines is 2. The number of aromatic nitrogens is 2. The van der Waals surface area contributed by atoms with Crippen molar-refractivity contribution in [1.82, 2.24) is 4.98 Å². The highest BCUT2D eigenvalue weighted by Crippen LogP contribution is 2.02. The van der Waals surface area contributed by atoms with E-state index in [-0.39, 0.29) is 5.56 Å². The first-order valence-corrected chi connectivity index (χ1v) is 3.95. The predicted molar refractivity (Wildman–Crippen MR) is 48.4 cm³/mol. The predicted octanol–water partition coefficient (Wildman–Crippen LogP) is 0.631. The number of rotatable bonds is 0. The van der Waals surface area contributed by atoms with Gasteiger partial charge in [0.05, 0.1) is 0 Å². The molecule has 0 saturated carbocycles. The van der Waals surface area contributed by atoms with Crippen molar-refractivity contribution in [3.05, 3.63) is 34.6 Å². The molecular weight excluding hydrogens is 172 g/mol. The highest BCUT2D eigenvalue weighted by molar-refractivity contribution is 7.79. The average molecular weight is 179 g/mol. The van der Waals surface area contributed by atoms with Crippen molar-refractivity contribution >= 4 is 23.5 Å². The van der Waals surface area contributed by atoms with E-state index < -0.39 is 0 Å². The zero-order valence-electron chi connectivity index (χ0n) is 6.16. The van der Waals surface area contributed by atoms with Gasteiger partial charge in [0.15, 0.2) is 0 Å². The van der Waals surface area contributed by atoms with Crippen molar-refractivity contribution < 1.29 is 4.98 Å². The summed E-state index contributed by atoms with van der Waals surface area (Å²) < 4.78 is 0. The second kappa shape index (κ2) is 2.64. The minimum absolute atomic E-state index is 0.116. The monoisotopic (exact) mass is 179 g/mol. The molecule has 2 aromatic rings. The Hall–Kier alpha value is -1.29. The standard InChI is InChI=1S/C8H6N2OS/c11-7-5-3-1-2-4-6(5)9-8(12)10-7/h1-4H,(H2,9,10,11,12)/p+1. The molecule has 4 heteroatoms. The molecule has 0 spiro atoms. The van der Waals surface area contributed by atoms with Crippen LogP contribution in [0.4, 0.5) is 0 Å². The third-order valence-corrected chi connectivity index (χ3v) is 1.88. The van der Waals surface area contributed by atoms with Gasteiger partial charge < -0.3 is 0 Å². The third-order valence-electron chi connectivity index (χ3n) is 1.66. The second-order valence-electron chi connectivity index (χ2n) is 2.47. The summed E-state index contributed by atoms with van der Waals surface area (Å²) in [6, 6.07) is 7.29. The van der Waals surface area contributed by atoms with Crippen LogP contribution in [0.25, 0.3) is 10.9 Å². The largest absolute Gasteiger partial charge is 0.343 e. The summed E-state index contributed by atoms with van der Waals surface area (Å²) >= 11 is 4.02. The van der Waals surface area contributed by atoms with E-state index in [0.29, 0.717) is 10.5 Å². The van der Waals surface area contributed by atoms with Crippen molar-refractivity contribution in [2.45, 2.75) is 5.16 Å². The maximum atomic E-state index is 11.3. The summed E-state index contributed by atoms with van der Waals surface area (Å²) in [5.41, 5.74) is 0.681. The summed E-state index contributed by atoms with van der Waals surface area (Å²) in [6.07, 6.45) is 0. The molecule has 0 aliphatic heterocycles. The van der Waals surface area contributed by atoms with Gasteiger partial charge in [-0.2, -0.15) is 0 Å². The van der Waals surface area contributed by atoms with E-state index in [1.165, 1.54) is 0 Å². The maximum absolute atomic E-state index is 11.3. The molecule has 0 bridgehead atoms. The molecule has 3 nitrogen and oxygen atoms in total. The average Bonchev–Trinajstić information content (AvgIpc) is 2.04. The fraction of sp³-hybridized carbons (Fsp3) is 0. The highest BCUT2D eigenvalue weighted by atomic mass is 32.1. The fourth-order valence-corrected chi connectivity index (χ4v) is 1.35. The van der Waals surface area contributed by atoms with Crippen molar-refractivity contribution in [2.24, 2.45) is 0 Å². The highest BCUT2D eigenvalue weighted by Gasteiger charge is 2.04. The Morgan fingerprint density at radius 3 is 2.92 bits per heavy atom. The van der Waals surface area contributed by atoms with E-state index in [1.54, 1.807) is 6.07 Å². The first-order valence-electron chi connectivity index (χ1n) is 3.51. The molecular formula is C8H7N2OS+. The van der Waals surface area contributed by atoms with Gasteiger partial charge in [-0.15, -0.1) is 0 Å². The Balaban J connectivity index is 2.99. The Morgan fingerprint density at radius 1 is 1.33 bits per heavy atom. The number of hydrogen-bond donors (Lipinski definition) is 2. The Bertz CT molecular complexity index is 478. The maximum Gasteiger partial charge on any atom is 0.343 e. The van der Waals surface area contributed by atoms with Crippen molar-refractivity contribution in [2.75, 3.05) is 0 Å². The van der Waals surface area contributed by atoms with Gasteiger partial charge in [0.2, 0.25) is 0 Å². The molecule has 0 atom stereocenters. The first kappa shape index (κ1) is 7.36. The molecule has 0 aliphatic rings. The molecule has 0 radical (unpaired) electrons.